The Morgan fingerprint density at radius 1 is 0.857 bits per heavy atom. The average molecular weight is 534 g/mol. The molecule has 1 heterocycles. The van der Waals surface area contributed by atoms with Crippen LogP contribution in [0.3, 0.4) is 0 Å². The van der Waals surface area contributed by atoms with Crippen LogP contribution in [-0.4, -0.2) is 39.6 Å². The first-order valence-electron chi connectivity index (χ1n) is 11.9. The summed E-state index contributed by atoms with van der Waals surface area (Å²) in [4.78, 5) is 2.62. The summed E-state index contributed by atoms with van der Waals surface area (Å²) in [6.45, 7) is 3.98. The molecule has 0 amide bonds. The SMILES string of the molecule is O=S(=O)(c1ccc(Cl)cc1)N(Cc1ccccc1OCCCN1CCCCC1)c1ccccc1Cl. The maximum Gasteiger partial charge on any atom is 0.264 e. The van der Waals surface area contributed by atoms with Crippen LogP contribution in [0.15, 0.2) is 77.7 Å². The van der Waals surface area contributed by atoms with Gasteiger partial charge in [0.05, 0.1) is 28.8 Å². The van der Waals surface area contributed by atoms with E-state index in [1.54, 1.807) is 36.4 Å². The summed E-state index contributed by atoms with van der Waals surface area (Å²) < 4.78 is 34.9. The predicted octanol–water partition coefficient (Wildman–Crippen LogP) is 6.64. The van der Waals surface area contributed by atoms with Crippen molar-refractivity contribution in [1.29, 1.82) is 0 Å². The molecule has 0 unspecified atom stereocenters. The van der Waals surface area contributed by atoms with E-state index in [0.717, 1.165) is 31.6 Å². The van der Waals surface area contributed by atoms with E-state index >= 15 is 0 Å². The molecule has 1 aliphatic rings. The Morgan fingerprint density at radius 3 is 2.29 bits per heavy atom. The van der Waals surface area contributed by atoms with Crippen LogP contribution in [0.4, 0.5) is 5.69 Å². The van der Waals surface area contributed by atoms with E-state index in [4.69, 9.17) is 27.9 Å². The standard InChI is InChI=1S/C27H30Cl2N2O3S/c28-23-13-15-24(16-14-23)35(32,33)31(26-11-4-3-10-25(26)29)21-22-9-2-5-12-27(22)34-20-8-19-30-17-6-1-7-18-30/h2-5,9-16H,1,6-8,17-21H2. The molecule has 0 radical (unpaired) electrons. The molecular weight excluding hydrogens is 503 g/mol. The molecule has 0 aliphatic carbocycles. The molecule has 186 valence electrons. The van der Waals surface area contributed by atoms with Crippen molar-refractivity contribution in [1.82, 2.24) is 4.90 Å². The second kappa shape index (κ2) is 12.1. The smallest absolute Gasteiger partial charge is 0.264 e. The molecule has 3 aromatic rings. The number of piperidine rings is 1. The molecule has 0 atom stereocenters. The molecule has 1 fully saturated rings. The largest absolute Gasteiger partial charge is 0.493 e. The molecule has 0 saturated carbocycles. The normalized spacial score (nSPS) is 14.6. The fourth-order valence-electron chi connectivity index (χ4n) is 4.27. The fourth-order valence-corrected chi connectivity index (χ4v) is 6.15. The van der Waals surface area contributed by atoms with Gasteiger partial charge >= 0.3 is 0 Å². The highest BCUT2D eigenvalue weighted by atomic mass is 35.5. The van der Waals surface area contributed by atoms with Gasteiger partial charge in [0, 0.05) is 17.1 Å². The topological polar surface area (TPSA) is 49.9 Å². The summed E-state index contributed by atoms with van der Waals surface area (Å²) in [6, 6.07) is 20.6. The number of likely N-dealkylation sites (tertiary alicyclic amines) is 1. The lowest BCUT2D eigenvalue weighted by molar-refractivity contribution is 0.204. The van der Waals surface area contributed by atoms with Gasteiger partial charge < -0.3 is 9.64 Å². The van der Waals surface area contributed by atoms with Crippen molar-refractivity contribution in [3.8, 4) is 5.75 Å². The monoisotopic (exact) mass is 532 g/mol. The first-order valence-corrected chi connectivity index (χ1v) is 14.1. The molecule has 8 heteroatoms. The second-order valence-corrected chi connectivity index (χ2v) is 11.3. The highest BCUT2D eigenvalue weighted by Crippen LogP contribution is 2.34. The molecule has 0 spiro atoms. The Hall–Kier alpha value is -2.25. The quantitative estimate of drug-likeness (QED) is 0.274. The molecule has 0 N–H and O–H groups in total. The van der Waals surface area contributed by atoms with Gasteiger partial charge in [-0.2, -0.15) is 0 Å². The van der Waals surface area contributed by atoms with Crippen molar-refractivity contribution in [2.24, 2.45) is 0 Å². The number of benzene rings is 3. The minimum absolute atomic E-state index is 0.0803. The van der Waals surface area contributed by atoms with Crippen LogP contribution in [-0.2, 0) is 16.6 Å². The van der Waals surface area contributed by atoms with Gasteiger partial charge in [-0.3, -0.25) is 4.31 Å². The van der Waals surface area contributed by atoms with Crippen LogP contribution in [0.5, 0.6) is 5.75 Å². The third-order valence-electron chi connectivity index (χ3n) is 6.13. The van der Waals surface area contributed by atoms with E-state index in [2.05, 4.69) is 4.90 Å². The molecule has 0 bridgehead atoms. The molecule has 0 aromatic heterocycles. The van der Waals surface area contributed by atoms with Crippen molar-refractivity contribution in [2.45, 2.75) is 37.1 Å². The lowest BCUT2D eigenvalue weighted by atomic mass is 10.1. The fraction of sp³-hybridized carbons (Fsp3) is 0.333. The van der Waals surface area contributed by atoms with Gasteiger partial charge in [-0.1, -0.05) is 60.0 Å². The average Bonchev–Trinajstić information content (AvgIpc) is 2.87. The van der Waals surface area contributed by atoms with Gasteiger partial charge in [-0.25, -0.2) is 8.42 Å². The minimum Gasteiger partial charge on any atom is -0.493 e. The Kier molecular flexibility index (Phi) is 8.95. The Labute approximate surface area is 218 Å². The number of hydrogen-bond acceptors (Lipinski definition) is 4. The Bertz CT molecular complexity index is 1210. The molecule has 1 aliphatic heterocycles. The molecule has 4 rings (SSSR count). The van der Waals surface area contributed by atoms with Crippen LogP contribution in [0.2, 0.25) is 10.0 Å². The van der Waals surface area contributed by atoms with E-state index in [9.17, 15) is 8.42 Å². The van der Waals surface area contributed by atoms with Gasteiger partial charge in [-0.15, -0.1) is 0 Å². The third-order valence-corrected chi connectivity index (χ3v) is 8.48. The molecule has 35 heavy (non-hydrogen) atoms. The van der Waals surface area contributed by atoms with Crippen molar-refractivity contribution in [3.63, 3.8) is 0 Å². The van der Waals surface area contributed by atoms with Gasteiger partial charge in [0.2, 0.25) is 0 Å². The number of rotatable bonds is 10. The summed E-state index contributed by atoms with van der Waals surface area (Å²) in [5.74, 6) is 0.675. The molecule has 1 saturated heterocycles. The van der Waals surface area contributed by atoms with Crippen LogP contribution in [0.1, 0.15) is 31.2 Å². The van der Waals surface area contributed by atoms with Gasteiger partial charge in [0.1, 0.15) is 5.75 Å². The number of anilines is 1. The van der Waals surface area contributed by atoms with Crippen LogP contribution < -0.4 is 9.04 Å². The maximum atomic E-state index is 13.7. The van der Waals surface area contributed by atoms with Gasteiger partial charge in [0.15, 0.2) is 0 Å². The second-order valence-electron chi connectivity index (χ2n) is 8.63. The number of para-hydroxylation sites is 2. The number of nitrogens with zero attached hydrogens (tertiary/aromatic N) is 2. The Morgan fingerprint density at radius 2 is 1.54 bits per heavy atom. The van der Waals surface area contributed by atoms with Gasteiger partial charge in [0.25, 0.3) is 10.0 Å². The van der Waals surface area contributed by atoms with Crippen molar-refractivity contribution >= 4 is 38.9 Å². The first-order chi connectivity index (χ1) is 16.9. The summed E-state index contributed by atoms with van der Waals surface area (Å²) in [5, 5.41) is 0.821. The highest BCUT2D eigenvalue weighted by Gasteiger charge is 2.27. The summed E-state index contributed by atoms with van der Waals surface area (Å²) in [6.07, 6.45) is 4.78. The molecular formula is C27H30Cl2N2O3S. The zero-order chi connectivity index (χ0) is 24.7. The summed E-state index contributed by atoms with van der Waals surface area (Å²) in [7, 11) is -3.92. The first kappa shape index (κ1) is 25.8. The van der Waals surface area contributed by atoms with Crippen LogP contribution in [0.25, 0.3) is 0 Å². The van der Waals surface area contributed by atoms with Crippen LogP contribution in [0, 0.1) is 0 Å². The van der Waals surface area contributed by atoms with Crippen molar-refractivity contribution < 1.29 is 13.2 Å². The number of halogens is 2. The van der Waals surface area contributed by atoms with Gasteiger partial charge in [-0.05, 0) is 74.8 Å². The maximum absolute atomic E-state index is 13.7. The summed E-state index contributed by atoms with van der Waals surface area (Å²) in [5.41, 5.74) is 1.17. The zero-order valence-corrected chi connectivity index (χ0v) is 21.9. The van der Waals surface area contributed by atoms with Crippen molar-refractivity contribution in [3.05, 3.63) is 88.4 Å². The highest BCUT2D eigenvalue weighted by molar-refractivity contribution is 7.92. The van der Waals surface area contributed by atoms with Crippen LogP contribution >= 0.6 is 23.2 Å². The lowest BCUT2D eigenvalue weighted by Crippen LogP contribution is -2.31. The lowest BCUT2D eigenvalue weighted by Gasteiger charge is -2.27. The van der Waals surface area contributed by atoms with E-state index < -0.39 is 10.0 Å². The summed E-state index contributed by atoms with van der Waals surface area (Å²) >= 11 is 12.5. The third kappa shape index (κ3) is 6.70. The number of sulfonamides is 1. The molecule has 3 aromatic carbocycles. The zero-order valence-electron chi connectivity index (χ0n) is 19.6. The van der Waals surface area contributed by atoms with Crippen molar-refractivity contribution in [2.75, 3.05) is 30.5 Å². The van der Waals surface area contributed by atoms with E-state index in [1.165, 1.54) is 35.7 Å². The Balaban J connectivity index is 1.56. The predicted molar refractivity (Wildman–Crippen MR) is 143 cm³/mol. The van der Waals surface area contributed by atoms with E-state index in [0.29, 0.717) is 28.1 Å². The van der Waals surface area contributed by atoms with E-state index in [-0.39, 0.29) is 11.4 Å². The molecule has 5 nitrogen and oxygen atoms in total. The number of ether oxygens (including phenoxy) is 1. The minimum atomic E-state index is -3.92. The number of hydrogen-bond donors (Lipinski definition) is 0. The van der Waals surface area contributed by atoms with E-state index in [1.807, 2.05) is 24.3 Å².